The fraction of sp³-hybridized carbons (Fsp3) is 0.0909. The highest BCUT2D eigenvalue weighted by Crippen LogP contribution is 2.29. The van der Waals surface area contributed by atoms with Gasteiger partial charge in [0, 0.05) is 11.4 Å². The fourth-order valence-corrected chi connectivity index (χ4v) is 3.02. The lowest BCUT2D eigenvalue weighted by Gasteiger charge is -2.00. The van der Waals surface area contributed by atoms with Crippen LogP contribution in [-0.4, -0.2) is 16.0 Å². The van der Waals surface area contributed by atoms with Gasteiger partial charge in [0.25, 0.3) is 0 Å². The Morgan fingerprint density at radius 2 is 2.33 bits per heavy atom. The van der Waals surface area contributed by atoms with Crippen LogP contribution in [0.15, 0.2) is 39.7 Å². The lowest BCUT2D eigenvalue weighted by atomic mass is 10.3. The van der Waals surface area contributed by atoms with Crippen LogP contribution >= 0.6 is 39.0 Å². The molecule has 0 amide bonds. The van der Waals surface area contributed by atoms with E-state index in [0.717, 1.165) is 14.6 Å². The molecule has 1 N–H and O–H groups in total. The van der Waals surface area contributed by atoms with Crippen molar-refractivity contribution < 1.29 is 4.39 Å². The van der Waals surface area contributed by atoms with Crippen molar-refractivity contribution in [1.29, 1.82) is 0 Å². The van der Waals surface area contributed by atoms with Crippen LogP contribution in [0.2, 0.25) is 0 Å². The summed E-state index contributed by atoms with van der Waals surface area (Å²) >= 11 is 6.25. The highest BCUT2D eigenvalue weighted by Gasteiger charge is 2.05. The summed E-state index contributed by atoms with van der Waals surface area (Å²) < 4.78 is 14.7. The third-order valence-corrected chi connectivity index (χ3v) is 4.54. The van der Waals surface area contributed by atoms with Crippen LogP contribution in [-0.2, 0) is 0 Å². The third-order valence-electron chi connectivity index (χ3n) is 1.83. The van der Waals surface area contributed by atoms with Gasteiger partial charge in [-0.1, -0.05) is 51.7 Å². The molecule has 0 unspecified atom stereocenters. The van der Waals surface area contributed by atoms with Crippen LogP contribution in [0.4, 0.5) is 15.2 Å². The summed E-state index contributed by atoms with van der Waals surface area (Å²) in [5.74, 6) is 0.462. The SMILES string of the molecule is C=C(Br)CSc1nnc(Nc2cccc(F)c2)s1. The quantitative estimate of drug-likeness (QED) is 0.814. The first-order valence-corrected chi connectivity index (χ1v) is 7.55. The van der Waals surface area contributed by atoms with Crippen molar-refractivity contribution >= 4 is 49.8 Å². The first-order chi connectivity index (χ1) is 8.63. The van der Waals surface area contributed by atoms with E-state index >= 15 is 0 Å². The second-order valence-electron chi connectivity index (χ2n) is 3.31. The molecule has 0 aliphatic carbocycles. The molecule has 1 aromatic heterocycles. The molecule has 18 heavy (non-hydrogen) atoms. The van der Waals surface area contributed by atoms with Crippen LogP contribution in [0.3, 0.4) is 0 Å². The number of anilines is 2. The van der Waals surface area contributed by atoms with Gasteiger partial charge in [0.1, 0.15) is 5.82 Å². The normalized spacial score (nSPS) is 10.3. The maximum Gasteiger partial charge on any atom is 0.210 e. The van der Waals surface area contributed by atoms with Crippen molar-refractivity contribution in [2.24, 2.45) is 0 Å². The molecule has 0 fully saturated rings. The average Bonchev–Trinajstić information content (AvgIpc) is 2.74. The number of hydrogen-bond donors (Lipinski definition) is 1. The number of nitrogens with zero attached hydrogens (tertiary/aromatic N) is 2. The van der Waals surface area contributed by atoms with Gasteiger partial charge in [0.15, 0.2) is 4.34 Å². The van der Waals surface area contributed by atoms with E-state index in [2.05, 4.69) is 38.0 Å². The van der Waals surface area contributed by atoms with E-state index in [-0.39, 0.29) is 5.82 Å². The van der Waals surface area contributed by atoms with E-state index in [9.17, 15) is 4.39 Å². The van der Waals surface area contributed by atoms with Crippen LogP contribution < -0.4 is 5.32 Å². The summed E-state index contributed by atoms with van der Waals surface area (Å²) in [7, 11) is 0. The minimum absolute atomic E-state index is 0.283. The van der Waals surface area contributed by atoms with Gasteiger partial charge in [-0.2, -0.15) is 0 Å². The molecular weight excluding hydrogens is 337 g/mol. The van der Waals surface area contributed by atoms with Crippen molar-refractivity contribution in [1.82, 2.24) is 10.2 Å². The maximum absolute atomic E-state index is 13.0. The Bertz CT molecular complexity index is 559. The number of hydrogen-bond acceptors (Lipinski definition) is 5. The Hall–Kier alpha value is -0.920. The van der Waals surface area contributed by atoms with Gasteiger partial charge < -0.3 is 5.32 Å². The van der Waals surface area contributed by atoms with Crippen LogP contribution in [0, 0.1) is 5.82 Å². The minimum atomic E-state index is -0.283. The van der Waals surface area contributed by atoms with Crippen LogP contribution in [0.25, 0.3) is 0 Å². The number of thioether (sulfide) groups is 1. The topological polar surface area (TPSA) is 37.8 Å². The number of nitrogens with one attached hydrogen (secondary N) is 1. The molecule has 0 saturated heterocycles. The van der Waals surface area contributed by atoms with Gasteiger partial charge in [0.2, 0.25) is 5.13 Å². The lowest BCUT2D eigenvalue weighted by Crippen LogP contribution is -1.89. The van der Waals surface area contributed by atoms with Gasteiger partial charge in [0.05, 0.1) is 0 Å². The minimum Gasteiger partial charge on any atom is -0.330 e. The summed E-state index contributed by atoms with van der Waals surface area (Å²) in [6.07, 6.45) is 0. The van der Waals surface area contributed by atoms with Gasteiger partial charge in [-0.3, -0.25) is 0 Å². The lowest BCUT2D eigenvalue weighted by molar-refractivity contribution is 0.628. The number of rotatable bonds is 5. The molecule has 2 aromatic rings. The summed E-state index contributed by atoms with van der Waals surface area (Å²) in [6.45, 7) is 3.75. The van der Waals surface area contributed by atoms with Gasteiger partial charge in [-0.05, 0) is 22.7 Å². The van der Waals surface area contributed by atoms with E-state index in [1.54, 1.807) is 23.9 Å². The zero-order chi connectivity index (χ0) is 13.0. The number of benzene rings is 1. The van der Waals surface area contributed by atoms with Crippen molar-refractivity contribution in [2.75, 3.05) is 11.1 Å². The fourth-order valence-electron chi connectivity index (χ4n) is 1.15. The zero-order valence-corrected chi connectivity index (χ0v) is 12.4. The molecule has 0 aliphatic rings. The Morgan fingerprint density at radius 3 is 3.06 bits per heavy atom. The predicted molar refractivity (Wildman–Crippen MR) is 78.4 cm³/mol. The molecule has 0 bridgehead atoms. The first kappa shape index (κ1) is 13.5. The van der Waals surface area contributed by atoms with E-state index in [0.29, 0.717) is 10.8 Å². The highest BCUT2D eigenvalue weighted by molar-refractivity contribution is 9.11. The molecule has 1 aromatic carbocycles. The Balaban J connectivity index is 2.00. The van der Waals surface area contributed by atoms with E-state index in [4.69, 9.17) is 0 Å². The summed E-state index contributed by atoms with van der Waals surface area (Å²) in [4.78, 5) is 0. The number of aromatic nitrogens is 2. The molecule has 0 radical (unpaired) electrons. The Morgan fingerprint density at radius 1 is 1.50 bits per heavy atom. The van der Waals surface area contributed by atoms with Gasteiger partial charge in [-0.25, -0.2) is 4.39 Å². The number of halogens is 2. The van der Waals surface area contributed by atoms with Crippen molar-refractivity contribution in [3.63, 3.8) is 0 Å². The molecule has 2 rings (SSSR count). The molecule has 0 aliphatic heterocycles. The molecule has 94 valence electrons. The molecule has 0 spiro atoms. The standard InChI is InChI=1S/C11H9BrFN3S2/c1-7(12)6-17-11-16-15-10(18-11)14-9-4-2-3-8(13)5-9/h2-5H,1,6H2,(H,14,15). The van der Waals surface area contributed by atoms with Crippen molar-refractivity contribution in [3.8, 4) is 0 Å². The molecule has 0 saturated carbocycles. The van der Waals surface area contributed by atoms with Crippen LogP contribution in [0.5, 0.6) is 0 Å². The van der Waals surface area contributed by atoms with Crippen LogP contribution in [0.1, 0.15) is 0 Å². The zero-order valence-electron chi connectivity index (χ0n) is 9.19. The smallest absolute Gasteiger partial charge is 0.210 e. The molecule has 1 heterocycles. The predicted octanol–water partition coefficient (Wildman–Crippen LogP) is 4.42. The van der Waals surface area contributed by atoms with E-state index in [1.165, 1.54) is 23.5 Å². The van der Waals surface area contributed by atoms with E-state index < -0.39 is 0 Å². The van der Waals surface area contributed by atoms with Gasteiger partial charge >= 0.3 is 0 Å². The second kappa shape index (κ2) is 6.31. The Labute approximate surface area is 121 Å². The summed E-state index contributed by atoms with van der Waals surface area (Å²) in [5, 5.41) is 11.7. The largest absolute Gasteiger partial charge is 0.330 e. The van der Waals surface area contributed by atoms with Crippen molar-refractivity contribution in [2.45, 2.75) is 4.34 Å². The Kier molecular flexibility index (Phi) is 4.73. The molecule has 3 nitrogen and oxygen atoms in total. The molecular formula is C11H9BrFN3S2. The third kappa shape index (κ3) is 4.08. The molecule has 7 heteroatoms. The van der Waals surface area contributed by atoms with Crippen molar-refractivity contribution in [3.05, 3.63) is 41.1 Å². The summed E-state index contributed by atoms with van der Waals surface area (Å²) in [5.41, 5.74) is 0.660. The van der Waals surface area contributed by atoms with E-state index in [1.807, 2.05) is 0 Å². The highest BCUT2D eigenvalue weighted by atomic mass is 79.9. The average molecular weight is 346 g/mol. The molecule has 0 atom stereocenters. The second-order valence-corrected chi connectivity index (χ2v) is 6.64. The first-order valence-electron chi connectivity index (χ1n) is 4.95. The monoisotopic (exact) mass is 345 g/mol. The summed E-state index contributed by atoms with van der Waals surface area (Å²) in [6, 6.07) is 6.23. The van der Waals surface area contributed by atoms with Gasteiger partial charge in [-0.15, -0.1) is 10.2 Å². The maximum atomic E-state index is 13.0.